The summed E-state index contributed by atoms with van der Waals surface area (Å²) in [6.07, 6.45) is 1.76. The second kappa shape index (κ2) is 9.20. The molecule has 0 saturated heterocycles. The zero-order chi connectivity index (χ0) is 20.8. The molecule has 0 bridgehead atoms. The Balaban J connectivity index is 1.68. The molecule has 0 spiro atoms. The second-order valence-electron chi connectivity index (χ2n) is 6.29. The van der Waals surface area contributed by atoms with Crippen LogP contribution in [0.15, 0.2) is 66.3 Å². The SMILES string of the molecule is C=CCn1c(SCC(=O)Nc2ccc(C(=O)O)cc2)nnc1-c1ccc(C)cc1. The number of carboxylic acid groups (broad SMARTS) is 1. The maximum absolute atomic E-state index is 12.3. The van der Waals surface area contributed by atoms with Crippen molar-refractivity contribution in [2.45, 2.75) is 18.6 Å². The molecular weight excluding hydrogens is 388 g/mol. The van der Waals surface area contributed by atoms with Gasteiger partial charge in [0.15, 0.2) is 11.0 Å². The van der Waals surface area contributed by atoms with Gasteiger partial charge in [-0.3, -0.25) is 9.36 Å². The molecule has 29 heavy (non-hydrogen) atoms. The molecule has 0 unspecified atom stereocenters. The van der Waals surface area contributed by atoms with Gasteiger partial charge in [-0.15, -0.1) is 16.8 Å². The Bertz CT molecular complexity index is 1030. The summed E-state index contributed by atoms with van der Waals surface area (Å²) >= 11 is 1.28. The van der Waals surface area contributed by atoms with Gasteiger partial charge in [-0.1, -0.05) is 47.7 Å². The second-order valence-corrected chi connectivity index (χ2v) is 7.23. The van der Waals surface area contributed by atoms with Gasteiger partial charge in [0.25, 0.3) is 0 Å². The Kier molecular flexibility index (Phi) is 6.46. The number of anilines is 1. The minimum atomic E-state index is -1.01. The van der Waals surface area contributed by atoms with Gasteiger partial charge in [-0.25, -0.2) is 4.79 Å². The fraction of sp³-hybridized carbons (Fsp3) is 0.143. The van der Waals surface area contributed by atoms with Crippen molar-refractivity contribution in [1.29, 1.82) is 0 Å². The van der Waals surface area contributed by atoms with Crippen molar-refractivity contribution in [1.82, 2.24) is 14.8 Å². The van der Waals surface area contributed by atoms with Gasteiger partial charge in [-0.05, 0) is 31.2 Å². The molecule has 0 atom stereocenters. The fourth-order valence-electron chi connectivity index (χ4n) is 2.63. The fourth-order valence-corrected chi connectivity index (χ4v) is 3.38. The Morgan fingerprint density at radius 2 is 1.83 bits per heavy atom. The van der Waals surface area contributed by atoms with E-state index in [9.17, 15) is 9.59 Å². The number of hydrogen-bond donors (Lipinski definition) is 2. The molecule has 0 aliphatic carbocycles. The molecule has 1 amide bonds. The number of amides is 1. The summed E-state index contributed by atoms with van der Waals surface area (Å²) in [5.41, 5.74) is 2.80. The molecule has 148 valence electrons. The third-order valence-electron chi connectivity index (χ3n) is 4.09. The zero-order valence-corrected chi connectivity index (χ0v) is 16.6. The van der Waals surface area contributed by atoms with Crippen molar-refractivity contribution in [3.63, 3.8) is 0 Å². The van der Waals surface area contributed by atoms with Crippen LogP contribution in [-0.4, -0.2) is 37.5 Å². The topological polar surface area (TPSA) is 97.1 Å². The lowest BCUT2D eigenvalue weighted by atomic mass is 10.1. The minimum Gasteiger partial charge on any atom is -0.478 e. The van der Waals surface area contributed by atoms with E-state index in [0.29, 0.717) is 17.4 Å². The van der Waals surface area contributed by atoms with E-state index >= 15 is 0 Å². The first kappa shape index (κ1) is 20.3. The quantitative estimate of drug-likeness (QED) is 0.434. The van der Waals surface area contributed by atoms with Gasteiger partial charge in [0.2, 0.25) is 5.91 Å². The Morgan fingerprint density at radius 1 is 1.14 bits per heavy atom. The zero-order valence-electron chi connectivity index (χ0n) is 15.8. The highest BCUT2D eigenvalue weighted by molar-refractivity contribution is 7.99. The van der Waals surface area contributed by atoms with Crippen molar-refractivity contribution in [2.24, 2.45) is 0 Å². The number of nitrogens with zero attached hydrogens (tertiary/aromatic N) is 3. The van der Waals surface area contributed by atoms with Crippen molar-refractivity contribution in [3.8, 4) is 11.4 Å². The summed E-state index contributed by atoms with van der Waals surface area (Å²) < 4.78 is 1.91. The molecular formula is C21H20N4O3S. The maximum atomic E-state index is 12.3. The maximum Gasteiger partial charge on any atom is 0.335 e. The van der Waals surface area contributed by atoms with Crippen LogP contribution in [0, 0.1) is 6.92 Å². The standard InChI is InChI=1S/C21H20N4O3S/c1-3-12-25-19(15-6-4-14(2)5-7-15)23-24-21(25)29-13-18(26)22-17-10-8-16(9-11-17)20(27)28/h3-11H,1,12-13H2,2H3,(H,22,26)(H,27,28). The molecule has 2 aromatic carbocycles. The van der Waals surface area contributed by atoms with Gasteiger partial charge in [0, 0.05) is 17.8 Å². The lowest BCUT2D eigenvalue weighted by molar-refractivity contribution is -0.113. The van der Waals surface area contributed by atoms with E-state index in [-0.39, 0.29) is 17.2 Å². The Labute approximate surface area is 172 Å². The summed E-state index contributed by atoms with van der Waals surface area (Å²) in [5, 5.41) is 20.8. The highest BCUT2D eigenvalue weighted by Gasteiger charge is 2.15. The molecule has 8 heteroatoms. The van der Waals surface area contributed by atoms with Crippen molar-refractivity contribution in [2.75, 3.05) is 11.1 Å². The summed E-state index contributed by atoms with van der Waals surface area (Å²) in [5.74, 6) is -0.367. The first-order chi connectivity index (χ1) is 14.0. The van der Waals surface area contributed by atoms with Gasteiger partial charge in [-0.2, -0.15) is 0 Å². The first-order valence-electron chi connectivity index (χ1n) is 8.85. The number of carbonyl (C=O) groups is 2. The van der Waals surface area contributed by atoms with Crippen LogP contribution in [0.4, 0.5) is 5.69 Å². The average molecular weight is 408 g/mol. The number of thioether (sulfide) groups is 1. The summed E-state index contributed by atoms with van der Waals surface area (Å²) in [7, 11) is 0. The number of nitrogens with one attached hydrogen (secondary N) is 1. The van der Waals surface area contributed by atoms with Gasteiger partial charge in [0.05, 0.1) is 11.3 Å². The van der Waals surface area contributed by atoms with Crippen LogP contribution in [0.1, 0.15) is 15.9 Å². The van der Waals surface area contributed by atoms with E-state index < -0.39 is 5.97 Å². The third kappa shape index (κ3) is 5.11. The van der Waals surface area contributed by atoms with Crippen LogP contribution < -0.4 is 5.32 Å². The number of rotatable bonds is 8. The van der Waals surface area contributed by atoms with Crippen LogP contribution in [0.2, 0.25) is 0 Å². The molecule has 0 aliphatic heterocycles. The lowest BCUT2D eigenvalue weighted by Gasteiger charge is -2.08. The first-order valence-corrected chi connectivity index (χ1v) is 9.83. The Hall–Kier alpha value is -3.39. The molecule has 3 rings (SSSR count). The number of allylic oxidation sites excluding steroid dienone is 1. The van der Waals surface area contributed by atoms with E-state index in [1.807, 2.05) is 35.8 Å². The van der Waals surface area contributed by atoms with Crippen molar-refractivity contribution >= 4 is 29.3 Å². The van der Waals surface area contributed by atoms with E-state index in [4.69, 9.17) is 5.11 Å². The van der Waals surface area contributed by atoms with Crippen LogP contribution in [0.25, 0.3) is 11.4 Å². The molecule has 0 saturated carbocycles. The smallest absolute Gasteiger partial charge is 0.335 e. The summed E-state index contributed by atoms with van der Waals surface area (Å²) in [6.45, 7) is 6.34. The van der Waals surface area contributed by atoms with Gasteiger partial charge >= 0.3 is 5.97 Å². The number of benzene rings is 2. The lowest BCUT2D eigenvalue weighted by Crippen LogP contribution is -2.14. The van der Waals surface area contributed by atoms with E-state index in [0.717, 1.165) is 17.0 Å². The average Bonchev–Trinajstić information content (AvgIpc) is 3.10. The van der Waals surface area contributed by atoms with E-state index in [1.165, 1.54) is 23.9 Å². The molecule has 2 N–H and O–H groups in total. The number of hydrogen-bond acceptors (Lipinski definition) is 5. The number of carbonyl (C=O) groups excluding carboxylic acids is 1. The number of aromatic nitrogens is 3. The molecule has 7 nitrogen and oxygen atoms in total. The molecule has 1 aromatic heterocycles. The van der Waals surface area contributed by atoms with Gasteiger partial charge < -0.3 is 10.4 Å². The highest BCUT2D eigenvalue weighted by Crippen LogP contribution is 2.24. The van der Waals surface area contributed by atoms with Gasteiger partial charge in [0.1, 0.15) is 0 Å². The van der Waals surface area contributed by atoms with Crippen molar-refractivity contribution < 1.29 is 14.7 Å². The van der Waals surface area contributed by atoms with Crippen LogP contribution in [0.5, 0.6) is 0 Å². The van der Waals surface area contributed by atoms with E-state index in [2.05, 4.69) is 22.1 Å². The molecule has 0 aliphatic rings. The van der Waals surface area contributed by atoms with Crippen LogP contribution in [0.3, 0.4) is 0 Å². The minimum absolute atomic E-state index is 0.143. The normalized spacial score (nSPS) is 10.5. The van der Waals surface area contributed by atoms with E-state index in [1.54, 1.807) is 18.2 Å². The predicted octanol–water partition coefficient (Wildman–Crippen LogP) is 3.87. The number of aromatic carboxylic acids is 1. The Morgan fingerprint density at radius 3 is 2.45 bits per heavy atom. The largest absolute Gasteiger partial charge is 0.478 e. The predicted molar refractivity (Wildman–Crippen MR) is 113 cm³/mol. The van der Waals surface area contributed by atoms with Crippen LogP contribution >= 0.6 is 11.8 Å². The van der Waals surface area contributed by atoms with Crippen LogP contribution in [-0.2, 0) is 11.3 Å². The molecule has 0 radical (unpaired) electrons. The molecule has 0 fully saturated rings. The number of aryl methyl sites for hydroxylation is 1. The monoisotopic (exact) mass is 408 g/mol. The highest BCUT2D eigenvalue weighted by atomic mass is 32.2. The summed E-state index contributed by atoms with van der Waals surface area (Å²) in [4.78, 5) is 23.1. The summed E-state index contributed by atoms with van der Waals surface area (Å²) in [6, 6.07) is 14.0. The molecule has 3 aromatic rings. The number of carboxylic acids is 1. The third-order valence-corrected chi connectivity index (χ3v) is 5.05. The molecule has 1 heterocycles. The van der Waals surface area contributed by atoms with Crippen molar-refractivity contribution in [3.05, 3.63) is 72.3 Å².